The van der Waals surface area contributed by atoms with Crippen molar-refractivity contribution in [2.24, 2.45) is 0 Å². The van der Waals surface area contributed by atoms with Crippen molar-refractivity contribution in [2.45, 2.75) is 32.7 Å². The Morgan fingerprint density at radius 2 is 2.23 bits per heavy atom. The molecule has 1 rings (SSSR count). The Morgan fingerprint density at radius 1 is 1.54 bits per heavy atom. The smallest absolute Gasteiger partial charge is 0.303 e. The number of rotatable bonds is 2. The van der Waals surface area contributed by atoms with Crippen molar-refractivity contribution in [2.75, 3.05) is 19.6 Å². The summed E-state index contributed by atoms with van der Waals surface area (Å²) < 4.78 is 0. The SMILES string of the molecule is CCCC(=O)O.C[C@@H]1CNCCN1. The summed E-state index contributed by atoms with van der Waals surface area (Å²) in [4.78, 5) is 9.60. The number of carboxylic acids is 1. The average Bonchev–Trinajstić information content (AvgIpc) is 2.06. The van der Waals surface area contributed by atoms with E-state index >= 15 is 0 Å². The van der Waals surface area contributed by atoms with Crippen molar-refractivity contribution in [3.8, 4) is 0 Å². The highest BCUT2D eigenvalue weighted by Gasteiger charge is 2.03. The third-order valence-electron chi connectivity index (χ3n) is 1.71. The summed E-state index contributed by atoms with van der Waals surface area (Å²) in [6.45, 7) is 7.41. The first kappa shape index (κ1) is 12.4. The zero-order valence-corrected chi connectivity index (χ0v) is 8.47. The molecule has 0 bridgehead atoms. The number of hydrogen-bond donors (Lipinski definition) is 3. The largest absolute Gasteiger partial charge is 0.481 e. The molecule has 3 N–H and O–H groups in total. The first-order chi connectivity index (χ1) is 6.16. The summed E-state index contributed by atoms with van der Waals surface area (Å²) in [5, 5.41) is 14.5. The fourth-order valence-electron chi connectivity index (χ4n) is 1.01. The number of aliphatic carboxylic acids is 1. The number of carboxylic acid groups (broad SMARTS) is 1. The maximum atomic E-state index is 9.60. The molecule has 78 valence electrons. The highest BCUT2D eigenvalue weighted by molar-refractivity contribution is 5.66. The molecule has 1 fully saturated rings. The zero-order chi connectivity index (χ0) is 10.1. The quantitative estimate of drug-likeness (QED) is 0.588. The summed E-state index contributed by atoms with van der Waals surface area (Å²) in [5.74, 6) is -0.711. The molecule has 0 unspecified atom stereocenters. The van der Waals surface area contributed by atoms with E-state index in [0.717, 1.165) is 26.1 Å². The molecule has 0 aromatic rings. The molecule has 0 radical (unpaired) electrons. The van der Waals surface area contributed by atoms with Crippen LogP contribution in [0.5, 0.6) is 0 Å². The summed E-state index contributed by atoms with van der Waals surface area (Å²) in [5.41, 5.74) is 0. The minimum absolute atomic E-state index is 0.292. The van der Waals surface area contributed by atoms with Gasteiger partial charge in [-0.2, -0.15) is 0 Å². The summed E-state index contributed by atoms with van der Waals surface area (Å²) in [6, 6.07) is 0.675. The molecule has 1 heterocycles. The lowest BCUT2D eigenvalue weighted by Crippen LogP contribution is -2.46. The summed E-state index contributed by atoms with van der Waals surface area (Å²) in [6.07, 6.45) is 1.02. The lowest BCUT2D eigenvalue weighted by atomic mass is 10.3. The van der Waals surface area contributed by atoms with Crippen LogP contribution in [0.25, 0.3) is 0 Å². The first-order valence-corrected chi connectivity index (χ1v) is 4.82. The van der Waals surface area contributed by atoms with Gasteiger partial charge in [-0.15, -0.1) is 0 Å². The Morgan fingerprint density at radius 3 is 2.38 bits per heavy atom. The molecule has 0 saturated carbocycles. The highest BCUT2D eigenvalue weighted by Crippen LogP contribution is 1.82. The van der Waals surface area contributed by atoms with Crippen LogP contribution in [-0.4, -0.2) is 36.8 Å². The molecule has 1 aliphatic heterocycles. The predicted molar refractivity (Wildman–Crippen MR) is 52.9 cm³/mol. The summed E-state index contributed by atoms with van der Waals surface area (Å²) in [7, 11) is 0. The Kier molecular flexibility index (Phi) is 7.63. The molecule has 1 atom stereocenters. The van der Waals surface area contributed by atoms with Gasteiger partial charge in [-0.05, 0) is 13.3 Å². The van der Waals surface area contributed by atoms with Crippen LogP contribution < -0.4 is 10.6 Å². The van der Waals surface area contributed by atoms with E-state index in [9.17, 15) is 4.79 Å². The van der Waals surface area contributed by atoms with Gasteiger partial charge in [0.1, 0.15) is 0 Å². The van der Waals surface area contributed by atoms with Gasteiger partial charge in [0.05, 0.1) is 0 Å². The third-order valence-corrected chi connectivity index (χ3v) is 1.71. The van der Waals surface area contributed by atoms with Gasteiger partial charge in [-0.25, -0.2) is 0 Å². The van der Waals surface area contributed by atoms with Crippen LogP contribution in [-0.2, 0) is 4.79 Å². The molecule has 0 spiro atoms. The number of nitrogens with one attached hydrogen (secondary N) is 2. The normalized spacial score (nSPS) is 21.5. The second kappa shape index (κ2) is 8.01. The molecule has 13 heavy (non-hydrogen) atoms. The van der Waals surface area contributed by atoms with Crippen molar-refractivity contribution < 1.29 is 9.90 Å². The van der Waals surface area contributed by atoms with Gasteiger partial charge in [-0.1, -0.05) is 6.92 Å². The number of piperazine rings is 1. The number of carbonyl (C=O) groups is 1. The van der Waals surface area contributed by atoms with Crippen LogP contribution in [0.2, 0.25) is 0 Å². The van der Waals surface area contributed by atoms with Gasteiger partial charge >= 0.3 is 5.97 Å². The Balaban J connectivity index is 0.000000226. The molecule has 0 amide bonds. The van der Waals surface area contributed by atoms with Crippen LogP contribution in [0.15, 0.2) is 0 Å². The molecular formula is C9H20N2O2. The fraction of sp³-hybridized carbons (Fsp3) is 0.889. The van der Waals surface area contributed by atoms with E-state index in [2.05, 4.69) is 17.6 Å². The Bertz CT molecular complexity index is 134. The lowest BCUT2D eigenvalue weighted by molar-refractivity contribution is -0.137. The molecule has 0 aromatic heterocycles. The predicted octanol–water partition coefficient (Wildman–Crippen LogP) is 0.439. The van der Waals surface area contributed by atoms with Crippen molar-refractivity contribution >= 4 is 5.97 Å². The minimum atomic E-state index is -0.711. The number of hydrogen-bond acceptors (Lipinski definition) is 3. The van der Waals surface area contributed by atoms with E-state index in [1.807, 2.05) is 6.92 Å². The first-order valence-electron chi connectivity index (χ1n) is 4.82. The van der Waals surface area contributed by atoms with Crippen LogP contribution in [0.3, 0.4) is 0 Å². The van der Waals surface area contributed by atoms with Crippen LogP contribution in [0.4, 0.5) is 0 Å². The van der Waals surface area contributed by atoms with Gasteiger partial charge in [0.15, 0.2) is 0 Å². The topological polar surface area (TPSA) is 61.4 Å². The Hall–Kier alpha value is -0.610. The maximum absolute atomic E-state index is 9.60. The minimum Gasteiger partial charge on any atom is -0.481 e. The van der Waals surface area contributed by atoms with E-state index in [1.165, 1.54) is 0 Å². The lowest BCUT2D eigenvalue weighted by Gasteiger charge is -2.19. The monoisotopic (exact) mass is 188 g/mol. The van der Waals surface area contributed by atoms with Crippen molar-refractivity contribution in [1.29, 1.82) is 0 Å². The van der Waals surface area contributed by atoms with Gasteiger partial charge < -0.3 is 15.7 Å². The van der Waals surface area contributed by atoms with Gasteiger partial charge in [0.2, 0.25) is 0 Å². The molecular weight excluding hydrogens is 168 g/mol. The molecule has 0 aliphatic carbocycles. The van der Waals surface area contributed by atoms with E-state index in [4.69, 9.17) is 5.11 Å². The fourth-order valence-corrected chi connectivity index (χ4v) is 1.01. The van der Waals surface area contributed by atoms with Crippen LogP contribution in [0, 0.1) is 0 Å². The highest BCUT2D eigenvalue weighted by atomic mass is 16.4. The molecule has 1 aliphatic rings. The Labute approximate surface area is 79.7 Å². The van der Waals surface area contributed by atoms with E-state index in [0.29, 0.717) is 12.5 Å². The molecule has 1 saturated heterocycles. The van der Waals surface area contributed by atoms with Crippen LogP contribution in [0.1, 0.15) is 26.7 Å². The van der Waals surface area contributed by atoms with Crippen molar-refractivity contribution in [3.63, 3.8) is 0 Å². The van der Waals surface area contributed by atoms with Gasteiger partial charge in [0.25, 0.3) is 0 Å². The second-order valence-corrected chi connectivity index (χ2v) is 3.20. The standard InChI is InChI=1S/C5H12N2.C4H8O2/c1-5-4-6-2-3-7-5;1-2-3-4(5)6/h5-7H,2-4H2,1H3;2-3H2,1H3,(H,5,6)/t5-;/m1./s1. The van der Waals surface area contributed by atoms with Gasteiger partial charge in [0, 0.05) is 32.1 Å². The van der Waals surface area contributed by atoms with Gasteiger partial charge in [-0.3, -0.25) is 4.79 Å². The molecule has 4 heteroatoms. The van der Waals surface area contributed by atoms with Crippen LogP contribution >= 0.6 is 0 Å². The summed E-state index contributed by atoms with van der Waals surface area (Å²) >= 11 is 0. The van der Waals surface area contributed by atoms with E-state index < -0.39 is 5.97 Å². The van der Waals surface area contributed by atoms with Crippen molar-refractivity contribution in [1.82, 2.24) is 10.6 Å². The maximum Gasteiger partial charge on any atom is 0.303 e. The van der Waals surface area contributed by atoms with E-state index in [-0.39, 0.29) is 0 Å². The average molecular weight is 188 g/mol. The molecule has 0 aromatic carbocycles. The second-order valence-electron chi connectivity index (χ2n) is 3.20. The molecule has 4 nitrogen and oxygen atoms in total. The zero-order valence-electron chi connectivity index (χ0n) is 8.47. The van der Waals surface area contributed by atoms with E-state index in [1.54, 1.807) is 0 Å². The van der Waals surface area contributed by atoms with Crippen molar-refractivity contribution in [3.05, 3.63) is 0 Å². The third kappa shape index (κ3) is 9.30.